The maximum absolute atomic E-state index is 13.7. The Morgan fingerprint density at radius 2 is 2.00 bits per heavy atom. The molecule has 0 radical (unpaired) electrons. The van der Waals surface area contributed by atoms with Crippen molar-refractivity contribution in [3.05, 3.63) is 41.6 Å². The highest BCUT2D eigenvalue weighted by Crippen LogP contribution is 2.24. The van der Waals surface area contributed by atoms with Crippen molar-refractivity contribution in [2.24, 2.45) is 5.73 Å². The highest BCUT2D eigenvalue weighted by atomic mass is 19.1. The molecular weight excluding hydrogens is 241 g/mol. The van der Waals surface area contributed by atoms with Crippen LogP contribution >= 0.6 is 0 Å². The van der Waals surface area contributed by atoms with Gasteiger partial charge in [0.15, 0.2) is 0 Å². The lowest BCUT2D eigenvalue weighted by atomic mass is 10.1. The standard InChI is InChI=1S/C15H20FN3/c1-11-15(12-7-4-5-8-13(12)16)19-14(18-11)9-3-2-6-10-17/h4-5,7-8H,2-3,6,9-10,17H2,1H3,(H,18,19). The van der Waals surface area contributed by atoms with Gasteiger partial charge >= 0.3 is 0 Å². The van der Waals surface area contributed by atoms with Gasteiger partial charge in [-0.25, -0.2) is 9.37 Å². The summed E-state index contributed by atoms with van der Waals surface area (Å²) in [4.78, 5) is 7.75. The van der Waals surface area contributed by atoms with Crippen molar-refractivity contribution in [3.8, 4) is 11.3 Å². The molecule has 0 saturated heterocycles. The van der Waals surface area contributed by atoms with E-state index in [-0.39, 0.29) is 5.82 Å². The first-order valence-corrected chi connectivity index (χ1v) is 6.73. The van der Waals surface area contributed by atoms with Crippen molar-refractivity contribution in [2.75, 3.05) is 6.54 Å². The van der Waals surface area contributed by atoms with Gasteiger partial charge < -0.3 is 10.7 Å². The van der Waals surface area contributed by atoms with Crippen molar-refractivity contribution in [2.45, 2.75) is 32.6 Å². The molecule has 0 bridgehead atoms. The Morgan fingerprint density at radius 1 is 1.21 bits per heavy atom. The van der Waals surface area contributed by atoms with E-state index in [1.165, 1.54) is 6.07 Å². The van der Waals surface area contributed by atoms with Crippen molar-refractivity contribution in [1.82, 2.24) is 9.97 Å². The number of hydrogen-bond donors (Lipinski definition) is 2. The highest BCUT2D eigenvalue weighted by Gasteiger charge is 2.12. The molecule has 0 atom stereocenters. The van der Waals surface area contributed by atoms with E-state index in [0.29, 0.717) is 11.3 Å². The van der Waals surface area contributed by atoms with Crippen LogP contribution in [0.1, 0.15) is 30.8 Å². The summed E-state index contributed by atoms with van der Waals surface area (Å²) >= 11 is 0. The van der Waals surface area contributed by atoms with Gasteiger partial charge in [-0.2, -0.15) is 0 Å². The third-order valence-corrected chi connectivity index (χ3v) is 3.18. The Morgan fingerprint density at radius 3 is 2.74 bits per heavy atom. The van der Waals surface area contributed by atoms with Crippen LogP contribution in [0.2, 0.25) is 0 Å². The number of aromatic amines is 1. The minimum Gasteiger partial charge on any atom is -0.346 e. The van der Waals surface area contributed by atoms with Crippen LogP contribution in [0.3, 0.4) is 0 Å². The average molecular weight is 261 g/mol. The number of H-pyrrole nitrogens is 1. The Labute approximate surface area is 113 Å². The fraction of sp³-hybridized carbons (Fsp3) is 0.400. The van der Waals surface area contributed by atoms with Gasteiger partial charge in [-0.3, -0.25) is 0 Å². The molecule has 2 rings (SSSR count). The van der Waals surface area contributed by atoms with Crippen LogP contribution in [0.4, 0.5) is 4.39 Å². The Bertz CT molecular complexity index is 534. The third kappa shape index (κ3) is 3.41. The molecule has 1 heterocycles. The molecule has 19 heavy (non-hydrogen) atoms. The minimum absolute atomic E-state index is 0.230. The quantitative estimate of drug-likeness (QED) is 0.785. The number of aryl methyl sites for hydroxylation is 2. The zero-order valence-corrected chi connectivity index (χ0v) is 11.2. The molecule has 1 aromatic heterocycles. The van der Waals surface area contributed by atoms with Gasteiger partial charge in [0.25, 0.3) is 0 Å². The molecule has 3 N–H and O–H groups in total. The molecule has 0 fully saturated rings. The summed E-state index contributed by atoms with van der Waals surface area (Å²) in [7, 11) is 0. The van der Waals surface area contributed by atoms with Crippen LogP contribution in [0.15, 0.2) is 24.3 Å². The number of nitrogens with zero attached hydrogens (tertiary/aromatic N) is 1. The van der Waals surface area contributed by atoms with Crippen LogP contribution in [0.5, 0.6) is 0 Å². The van der Waals surface area contributed by atoms with E-state index >= 15 is 0 Å². The number of imidazole rings is 1. The molecule has 0 aliphatic heterocycles. The maximum atomic E-state index is 13.7. The summed E-state index contributed by atoms with van der Waals surface area (Å²) in [5.74, 6) is 0.694. The van der Waals surface area contributed by atoms with Crippen LogP contribution in [-0.4, -0.2) is 16.5 Å². The summed E-state index contributed by atoms with van der Waals surface area (Å²) in [5.41, 5.74) is 7.65. The summed E-state index contributed by atoms with van der Waals surface area (Å²) in [6, 6.07) is 6.74. The van der Waals surface area contributed by atoms with Gasteiger partial charge in [0.05, 0.1) is 5.69 Å². The highest BCUT2D eigenvalue weighted by molar-refractivity contribution is 5.62. The summed E-state index contributed by atoms with van der Waals surface area (Å²) < 4.78 is 13.7. The zero-order valence-electron chi connectivity index (χ0n) is 11.2. The van der Waals surface area contributed by atoms with Crippen LogP contribution in [0, 0.1) is 12.7 Å². The molecule has 0 aliphatic rings. The van der Waals surface area contributed by atoms with Gasteiger partial charge in [0.2, 0.25) is 0 Å². The lowest BCUT2D eigenvalue weighted by molar-refractivity contribution is 0.630. The SMILES string of the molecule is Cc1[nH]c(CCCCCN)nc1-c1ccccc1F. The lowest BCUT2D eigenvalue weighted by Crippen LogP contribution is -1.98. The second kappa shape index (κ2) is 6.48. The normalized spacial score (nSPS) is 10.9. The van der Waals surface area contributed by atoms with E-state index in [2.05, 4.69) is 9.97 Å². The van der Waals surface area contributed by atoms with Gasteiger partial charge in [-0.1, -0.05) is 18.6 Å². The van der Waals surface area contributed by atoms with Crippen molar-refractivity contribution in [3.63, 3.8) is 0 Å². The predicted molar refractivity (Wildman–Crippen MR) is 75.3 cm³/mol. The molecule has 4 heteroatoms. The van der Waals surface area contributed by atoms with Crippen molar-refractivity contribution >= 4 is 0 Å². The first kappa shape index (κ1) is 13.7. The molecule has 0 unspecified atom stereocenters. The largest absolute Gasteiger partial charge is 0.346 e. The van der Waals surface area contributed by atoms with Gasteiger partial charge in [0.1, 0.15) is 11.6 Å². The fourth-order valence-corrected chi connectivity index (χ4v) is 2.17. The molecular formula is C15H20FN3. The topological polar surface area (TPSA) is 54.7 Å². The van der Waals surface area contributed by atoms with E-state index < -0.39 is 0 Å². The number of benzene rings is 1. The zero-order chi connectivity index (χ0) is 13.7. The minimum atomic E-state index is -0.230. The van der Waals surface area contributed by atoms with Gasteiger partial charge in [-0.15, -0.1) is 0 Å². The third-order valence-electron chi connectivity index (χ3n) is 3.18. The number of halogens is 1. The molecule has 0 aliphatic carbocycles. The van der Waals surface area contributed by atoms with Crippen molar-refractivity contribution in [1.29, 1.82) is 0 Å². The molecule has 3 nitrogen and oxygen atoms in total. The second-order valence-electron chi connectivity index (χ2n) is 4.74. The first-order valence-electron chi connectivity index (χ1n) is 6.73. The first-order chi connectivity index (χ1) is 9.22. The average Bonchev–Trinajstić information content (AvgIpc) is 2.76. The molecule has 0 saturated carbocycles. The molecule has 0 amide bonds. The molecule has 0 spiro atoms. The van der Waals surface area contributed by atoms with E-state index in [4.69, 9.17) is 5.73 Å². The number of rotatable bonds is 6. The number of unbranched alkanes of at least 4 members (excludes halogenated alkanes) is 2. The molecule has 1 aromatic carbocycles. The van der Waals surface area contributed by atoms with Crippen LogP contribution in [-0.2, 0) is 6.42 Å². The summed E-state index contributed by atoms with van der Waals surface area (Å²) in [6.45, 7) is 2.66. The monoisotopic (exact) mass is 261 g/mol. The van der Waals surface area contributed by atoms with Crippen LogP contribution < -0.4 is 5.73 Å². The molecule has 2 aromatic rings. The lowest BCUT2D eigenvalue weighted by Gasteiger charge is -1.99. The van der Waals surface area contributed by atoms with E-state index in [1.54, 1.807) is 12.1 Å². The molecule has 102 valence electrons. The predicted octanol–water partition coefficient (Wildman–Crippen LogP) is 3.20. The Hall–Kier alpha value is -1.68. The van der Waals surface area contributed by atoms with Crippen LogP contribution in [0.25, 0.3) is 11.3 Å². The van der Waals surface area contributed by atoms with E-state index in [1.807, 2.05) is 13.0 Å². The smallest absolute Gasteiger partial charge is 0.132 e. The van der Waals surface area contributed by atoms with Gasteiger partial charge in [-0.05, 0) is 38.4 Å². The number of aromatic nitrogens is 2. The number of nitrogens with one attached hydrogen (secondary N) is 1. The van der Waals surface area contributed by atoms with E-state index in [9.17, 15) is 4.39 Å². The number of nitrogens with two attached hydrogens (primary N) is 1. The fourth-order valence-electron chi connectivity index (χ4n) is 2.17. The maximum Gasteiger partial charge on any atom is 0.132 e. The van der Waals surface area contributed by atoms with E-state index in [0.717, 1.165) is 43.7 Å². The number of hydrogen-bond acceptors (Lipinski definition) is 2. The van der Waals surface area contributed by atoms with Crippen molar-refractivity contribution < 1.29 is 4.39 Å². The Kier molecular flexibility index (Phi) is 4.68. The Balaban J connectivity index is 2.11. The second-order valence-corrected chi connectivity index (χ2v) is 4.74. The van der Waals surface area contributed by atoms with Gasteiger partial charge in [0, 0.05) is 17.7 Å². The summed E-state index contributed by atoms with van der Waals surface area (Å²) in [5, 5.41) is 0. The summed E-state index contributed by atoms with van der Waals surface area (Å²) in [6.07, 6.45) is 4.08.